The molecule has 2 rings (SSSR count). The maximum atomic E-state index is 5.55. The molecule has 0 radical (unpaired) electrons. The standard InChI is InChI=1S/C15H17BrN2O/c1-3-8-19-13-6-4-12(5-7-13)18-15-9-11(2)14(16)10-17-15/h4-7,9-10H,3,8H2,1-2H3,(H,17,18). The van der Waals surface area contributed by atoms with Gasteiger partial charge in [0.25, 0.3) is 0 Å². The molecule has 0 aliphatic rings. The van der Waals surface area contributed by atoms with E-state index >= 15 is 0 Å². The summed E-state index contributed by atoms with van der Waals surface area (Å²) in [5, 5.41) is 3.27. The van der Waals surface area contributed by atoms with Crippen molar-refractivity contribution in [3.63, 3.8) is 0 Å². The largest absolute Gasteiger partial charge is 0.494 e. The predicted octanol–water partition coefficient (Wildman–Crippen LogP) is 4.68. The first kappa shape index (κ1) is 13.9. The third-order valence-electron chi connectivity index (χ3n) is 2.65. The molecule has 0 aliphatic heterocycles. The zero-order valence-electron chi connectivity index (χ0n) is 11.1. The van der Waals surface area contributed by atoms with E-state index in [9.17, 15) is 0 Å². The van der Waals surface area contributed by atoms with Crippen LogP contribution < -0.4 is 10.1 Å². The second-order valence-corrected chi connectivity index (χ2v) is 5.17. The van der Waals surface area contributed by atoms with E-state index in [0.29, 0.717) is 0 Å². The first-order valence-electron chi connectivity index (χ1n) is 6.31. The highest BCUT2D eigenvalue weighted by atomic mass is 79.9. The minimum atomic E-state index is 0.750. The van der Waals surface area contributed by atoms with E-state index < -0.39 is 0 Å². The molecule has 0 unspecified atom stereocenters. The van der Waals surface area contributed by atoms with Crippen LogP contribution in [-0.4, -0.2) is 11.6 Å². The van der Waals surface area contributed by atoms with E-state index in [-0.39, 0.29) is 0 Å². The molecule has 0 amide bonds. The van der Waals surface area contributed by atoms with Gasteiger partial charge in [0.1, 0.15) is 11.6 Å². The fraction of sp³-hybridized carbons (Fsp3) is 0.267. The number of hydrogen-bond acceptors (Lipinski definition) is 3. The number of nitrogens with zero attached hydrogens (tertiary/aromatic N) is 1. The number of rotatable bonds is 5. The minimum Gasteiger partial charge on any atom is -0.494 e. The third kappa shape index (κ3) is 3.96. The van der Waals surface area contributed by atoms with E-state index in [1.54, 1.807) is 6.20 Å². The molecule has 1 aromatic carbocycles. The number of nitrogens with one attached hydrogen (secondary N) is 1. The van der Waals surface area contributed by atoms with Gasteiger partial charge in [-0.3, -0.25) is 0 Å². The molecular weight excluding hydrogens is 304 g/mol. The van der Waals surface area contributed by atoms with Crippen LogP contribution in [-0.2, 0) is 0 Å². The summed E-state index contributed by atoms with van der Waals surface area (Å²) in [6, 6.07) is 9.91. The average Bonchev–Trinajstić information content (AvgIpc) is 2.42. The van der Waals surface area contributed by atoms with Crippen molar-refractivity contribution in [2.75, 3.05) is 11.9 Å². The van der Waals surface area contributed by atoms with Crippen LogP contribution in [0.5, 0.6) is 5.75 Å². The van der Waals surface area contributed by atoms with Gasteiger partial charge in [0.2, 0.25) is 0 Å². The number of anilines is 2. The lowest BCUT2D eigenvalue weighted by molar-refractivity contribution is 0.317. The zero-order valence-corrected chi connectivity index (χ0v) is 12.7. The van der Waals surface area contributed by atoms with Crippen LogP contribution in [0.3, 0.4) is 0 Å². The van der Waals surface area contributed by atoms with Crippen LogP contribution in [0.4, 0.5) is 11.5 Å². The lowest BCUT2D eigenvalue weighted by Crippen LogP contribution is -1.96. The SMILES string of the molecule is CCCOc1ccc(Nc2cc(C)c(Br)cn2)cc1. The molecule has 0 fully saturated rings. The summed E-state index contributed by atoms with van der Waals surface area (Å²) in [6.07, 6.45) is 2.82. The molecule has 0 bridgehead atoms. The number of benzene rings is 1. The fourth-order valence-corrected chi connectivity index (χ4v) is 1.83. The molecule has 0 saturated carbocycles. The summed E-state index contributed by atoms with van der Waals surface area (Å²) < 4.78 is 6.56. The Morgan fingerprint density at radius 3 is 2.63 bits per heavy atom. The Kier molecular flexibility index (Phi) is 4.80. The molecular formula is C15H17BrN2O. The monoisotopic (exact) mass is 320 g/mol. The Labute approximate surface area is 122 Å². The molecule has 0 saturated heterocycles. The molecule has 100 valence electrons. The first-order chi connectivity index (χ1) is 9.19. The van der Waals surface area contributed by atoms with Crippen molar-refractivity contribution in [3.05, 3.63) is 46.6 Å². The van der Waals surface area contributed by atoms with Gasteiger partial charge in [-0.25, -0.2) is 4.98 Å². The molecule has 0 aliphatic carbocycles. The highest BCUT2D eigenvalue weighted by molar-refractivity contribution is 9.10. The zero-order chi connectivity index (χ0) is 13.7. The fourth-order valence-electron chi connectivity index (χ4n) is 1.61. The van der Waals surface area contributed by atoms with Crippen molar-refractivity contribution in [3.8, 4) is 5.75 Å². The Morgan fingerprint density at radius 2 is 2.00 bits per heavy atom. The van der Waals surface area contributed by atoms with Crippen molar-refractivity contribution < 1.29 is 4.74 Å². The van der Waals surface area contributed by atoms with Crippen molar-refractivity contribution in [1.82, 2.24) is 4.98 Å². The molecule has 0 spiro atoms. The Balaban J connectivity index is 2.04. The van der Waals surface area contributed by atoms with Gasteiger partial charge in [-0.2, -0.15) is 0 Å². The predicted molar refractivity (Wildman–Crippen MR) is 82.2 cm³/mol. The first-order valence-corrected chi connectivity index (χ1v) is 7.10. The van der Waals surface area contributed by atoms with Crippen LogP contribution in [0.25, 0.3) is 0 Å². The summed E-state index contributed by atoms with van der Waals surface area (Å²) in [5.74, 6) is 1.73. The van der Waals surface area contributed by atoms with E-state index in [0.717, 1.165) is 40.3 Å². The maximum absolute atomic E-state index is 5.55. The minimum absolute atomic E-state index is 0.750. The van der Waals surface area contributed by atoms with Gasteiger partial charge in [0, 0.05) is 16.4 Å². The summed E-state index contributed by atoms with van der Waals surface area (Å²) in [4.78, 5) is 4.32. The van der Waals surface area contributed by atoms with Gasteiger partial charge in [-0.1, -0.05) is 6.92 Å². The summed E-state index contributed by atoms with van der Waals surface area (Å²) in [7, 11) is 0. The second kappa shape index (κ2) is 6.57. The number of pyridine rings is 1. The van der Waals surface area contributed by atoms with Crippen LogP contribution >= 0.6 is 15.9 Å². The number of ether oxygens (including phenoxy) is 1. The van der Waals surface area contributed by atoms with Crippen LogP contribution in [0.2, 0.25) is 0 Å². The summed E-state index contributed by atoms with van der Waals surface area (Å²) >= 11 is 3.44. The lowest BCUT2D eigenvalue weighted by Gasteiger charge is -2.09. The highest BCUT2D eigenvalue weighted by Gasteiger charge is 2.00. The number of aryl methyl sites for hydroxylation is 1. The Morgan fingerprint density at radius 1 is 1.26 bits per heavy atom. The number of halogens is 1. The van der Waals surface area contributed by atoms with Crippen LogP contribution in [0, 0.1) is 6.92 Å². The molecule has 1 aromatic heterocycles. The van der Waals surface area contributed by atoms with E-state index in [2.05, 4.69) is 33.2 Å². The van der Waals surface area contributed by atoms with Crippen molar-refractivity contribution in [2.24, 2.45) is 0 Å². The summed E-state index contributed by atoms with van der Waals surface area (Å²) in [6.45, 7) is 4.89. The molecule has 1 heterocycles. The number of hydrogen-bond donors (Lipinski definition) is 1. The molecule has 1 N–H and O–H groups in total. The van der Waals surface area contributed by atoms with E-state index in [4.69, 9.17) is 4.74 Å². The van der Waals surface area contributed by atoms with Crippen LogP contribution in [0.1, 0.15) is 18.9 Å². The van der Waals surface area contributed by atoms with E-state index in [1.165, 1.54) is 0 Å². The lowest BCUT2D eigenvalue weighted by atomic mass is 10.2. The highest BCUT2D eigenvalue weighted by Crippen LogP contribution is 2.22. The topological polar surface area (TPSA) is 34.1 Å². The third-order valence-corrected chi connectivity index (χ3v) is 3.48. The van der Waals surface area contributed by atoms with Gasteiger partial charge in [-0.05, 0) is 65.2 Å². The smallest absolute Gasteiger partial charge is 0.130 e. The Hall–Kier alpha value is -1.55. The van der Waals surface area contributed by atoms with Crippen molar-refractivity contribution in [2.45, 2.75) is 20.3 Å². The molecule has 0 atom stereocenters. The van der Waals surface area contributed by atoms with Gasteiger partial charge >= 0.3 is 0 Å². The van der Waals surface area contributed by atoms with E-state index in [1.807, 2.05) is 37.3 Å². The van der Waals surface area contributed by atoms with Gasteiger partial charge in [0.15, 0.2) is 0 Å². The van der Waals surface area contributed by atoms with Gasteiger partial charge in [-0.15, -0.1) is 0 Å². The summed E-state index contributed by atoms with van der Waals surface area (Å²) in [5.41, 5.74) is 2.15. The van der Waals surface area contributed by atoms with Crippen LogP contribution in [0.15, 0.2) is 41.0 Å². The Bertz CT molecular complexity index is 540. The molecule has 2 aromatic rings. The average molecular weight is 321 g/mol. The van der Waals surface area contributed by atoms with Crippen molar-refractivity contribution in [1.29, 1.82) is 0 Å². The van der Waals surface area contributed by atoms with Gasteiger partial charge < -0.3 is 10.1 Å². The maximum Gasteiger partial charge on any atom is 0.130 e. The molecule has 4 heteroatoms. The van der Waals surface area contributed by atoms with Gasteiger partial charge in [0.05, 0.1) is 6.61 Å². The number of aromatic nitrogens is 1. The quantitative estimate of drug-likeness (QED) is 0.868. The normalized spacial score (nSPS) is 10.3. The second-order valence-electron chi connectivity index (χ2n) is 4.32. The molecule has 3 nitrogen and oxygen atoms in total. The van der Waals surface area contributed by atoms with Crippen molar-refractivity contribution >= 4 is 27.4 Å². The molecule has 19 heavy (non-hydrogen) atoms.